The van der Waals surface area contributed by atoms with E-state index in [1.807, 2.05) is 6.92 Å². The van der Waals surface area contributed by atoms with Crippen LogP contribution in [-0.4, -0.2) is 0 Å². The lowest BCUT2D eigenvalue weighted by molar-refractivity contribution is 0.420. The quantitative estimate of drug-likeness (QED) is 0.615. The summed E-state index contributed by atoms with van der Waals surface area (Å²) in [5, 5.41) is 0.916. The van der Waals surface area contributed by atoms with E-state index < -0.39 is 0 Å². The maximum atomic E-state index is 6.04. The highest BCUT2D eigenvalue weighted by Gasteiger charge is 2.19. The van der Waals surface area contributed by atoms with E-state index in [0.29, 0.717) is 0 Å². The molecule has 0 nitrogen and oxygen atoms in total. The van der Waals surface area contributed by atoms with Crippen LogP contribution in [0.3, 0.4) is 0 Å². The first-order valence-corrected chi connectivity index (χ1v) is 4.91. The van der Waals surface area contributed by atoms with Crippen LogP contribution in [0.5, 0.6) is 0 Å². The van der Waals surface area contributed by atoms with E-state index in [4.69, 9.17) is 11.6 Å². The van der Waals surface area contributed by atoms with E-state index in [-0.39, 0.29) is 0 Å². The maximum absolute atomic E-state index is 6.04. The lowest BCUT2D eigenvalue weighted by Gasteiger charge is -2.26. The molecular formula is C11H13Cl. The molecule has 1 aliphatic rings. The maximum Gasteiger partial charge on any atom is 0.0438 e. The van der Waals surface area contributed by atoms with Crippen molar-refractivity contribution in [2.75, 3.05) is 0 Å². The van der Waals surface area contributed by atoms with Crippen LogP contribution in [0.4, 0.5) is 0 Å². The highest BCUT2D eigenvalue weighted by atomic mass is 35.5. The summed E-state index contributed by atoms with van der Waals surface area (Å²) < 4.78 is 0. The third kappa shape index (κ3) is 1.36. The van der Waals surface area contributed by atoms with Crippen LogP contribution in [0.1, 0.15) is 36.3 Å². The molecule has 0 heterocycles. The largest absolute Gasteiger partial charge is 0.0840 e. The Morgan fingerprint density at radius 3 is 2.58 bits per heavy atom. The SMILES string of the molecule is Cc1ccc(C2CCC2)cc1Cl. The third-order valence-corrected chi connectivity index (χ3v) is 3.18. The third-order valence-electron chi connectivity index (χ3n) is 2.77. The molecule has 0 spiro atoms. The molecule has 0 bridgehead atoms. The molecule has 0 aromatic heterocycles. The van der Waals surface area contributed by atoms with Crippen molar-refractivity contribution in [2.24, 2.45) is 0 Å². The van der Waals surface area contributed by atoms with Gasteiger partial charge in [-0.3, -0.25) is 0 Å². The Kier molecular flexibility index (Phi) is 2.10. The molecule has 0 atom stereocenters. The monoisotopic (exact) mass is 180 g/mol. The van der Waals surface area contributed by atoms with Gasteiger partial charge in [-0.15, -0.1) is 0 Å². The summed E-state index contributed by atoms with van der Waals surface area (Å²) in [6, 6.07) is 6.46. The first-order chi connectivity index (χ1) is 5.77. The Morgan fingerprint density at radius 2 is 2.08 bits per heavy atom. The molecular weight excluding hydrogens is 168 g/mol. The molecule has 64 valence electrons. The van der Waals surface area contributed by atoms with Crippen LogP contribution in [0.15, 0.2) is 18.2 Å². The minimum atomic E-state index is 0.795. The lowest BCUT2D eigenvalue weighted by atomic mass is 9.80. The van der Waals surface area contributed by atoms with Crippen molar-refractivity contribution in [3.8, 4) is 0 Å². The van der Waals surface area contributed by atoms with Crippen LogP contribution >= 0.6 is 11.6 Å². The van der Waals surface area contributed by atoms with E-state index in [1.54, 1.807) is 0 Å². The molecule has 0 amide bonds. The summed E-state index contributed by atoms with van der Waals surface area (Å²) in [6.07, 6.45) is 4.08. The average Bonchev–Trinajstić information content (AvgIpc) is 1.93. The Balaban J connectivity index is 2.27. The van der Waals surface area contributed by atoms with Crippen molar-refractivity contribution in [1.29, 1.82) is 0 Å². The molecule has 0 radical (unpaired) electrons. The van der Waals surface area contributed by atoms with Crippen LogP contribution in [0, 0.1) is 6.92 Å². The molecule has 1 aromatic rings. The molecule has 0 N–H and O–H groups in total. The van der Waals surface area contributed by atoms with E-state index >= 15 is 0 Å². The van der Waals surface area contributed by atoms with Crippen molar-refractivity contribution < 1.29 is 0 Å². The van der Waals surface area contributed by atoms with Gasteiger partial charge in [0.05, 0.1) is 0 Å². The minimum absolute atomic E-state index is 0.795. The standard InChI is InChI=1S/C11H13Cl/c1-8-5-6-10(7-11(8)12)9-3-2-4-9/h5-7,9H,2-4H2,1H3. The van der Waals surface area contributed by atoms with E-state index in [2.05, 4.69) is 18.2 Å². The molecule has 0 saturated heterocycles. The first kappa shape index (κ1) is 8.12. The van der Waals surface area contributed by atoms with E-state index in [0.717, 1.165) is 10.9 Å². The summed E-state index contributed by atoms with van der Waals surface area (Å²) in [5.41, 5.74) is 2.61. The number of benzene rings is 1. The molecule has 0 aliphatic heterocycles. The predicted octanol–water partition coefficient (Wildman–Crippen LogP) is 3.92. The predicted molar refractivity (Wildman–Crippen MR) is 52.8 cm³/mol. The van der Waals surface area contributed by atoms with Crippen molar-refractivity contribution >= 4 is 11.6 Å². The summed E-state index contributed by atoms with van der Waals surface area (Å²) >= 11 is 6.04. The van der Waals surface area contributed by atoms with Crippen LogP contribution in [0.25, 0.3) is 0 Å². The molecule has 2 rings (SSSR count). The smallest absolute Gasteiger partial charge is 0.0438 e. The van der Waals surface area contributed by atoms with Gasteiger partial charge in [-0.25, -0.2) is 0 Å². The summed E-state index contributed by atoms with van der Waals surface area (Å²) in [4.78, 5) is 0. The van der Waals surface area contributed by atoms with Crippen molar-refractivity contribution in [3.63, 3.8) is 0 Å². The van der Waals surface area contributed by atoms with Crippen LogP contribution in [-0.2, 0) is 0 Å². The van der Waals surface area contributed by atoms with Gasteiger partial charge in [-0.2, -0.15) is 0 Å². The normalized spacial score (nSPS) is 17.5. The van der Waals surface area contributed by atoms with Crippen LogP contribution in [0.2, 0.25) is 5.02 Å². The summed E-state index contributed by atoms with van der Waals surface area (Å²) in [7, 11) is 0. The second kappa shape index (κ2) is 3.10. The minimum Gasteiger partial charge on any atom is -0.0840 e. The Hall–Kier alpha value is -0.490. The van der Waals surface area contributed by atoms with Gasteiger partial charge in [0.25, 0.3) is 0 Å². The Bertz CT molecular complexity index is 287. The molecule has 1 fully saturated rings. The second-order valence-electron chi connectivity index (χ2n) is 3.64. The van der Waals surface area contributed by atoms with Crippen molar-refractivity contribution in [1.82, 2.24) is 0 Å². The van der Waals surface area contributed by atoms with Gasteiger partial charge in [-0.05, 0) is 42.9 Å². The van der Waals surface area contributed by atoms with Gasteiger partial charge in [0.1, 0.15) is 0 Å². The van der Waals surface area contributed by atoms with Gasteiger partial charge < -0.3 is 0 Å². The summed E-state index contributed by atoms with van der Waals surface area (Å²) in [5.74, 6) is 0.795. The number of halogens is 1. The van der Waals surface area contributed by atoms with E-state index in [9.17, 15) is 0 Å². The molecule has 0 unspecified atom stereocenters. The van der Waals surface area contributed by atoms with Gasteiger partial charge in [-0.1, -0.05) is 30.2 Å². The number of hydrogen-bond donors (Lipinski definition) is 0. The number of rotatable bonds is 1. The van der Waals surface area contributed by atoms with Gasteiger partial charge in [0, 0.05) is 5.02 Å². The summed E-state index contributed by atoms with van der Waals surface area (Å²) in [6.45, 7) is 2.05. The highest BCUT2D eigenvalue weighted by molar-refractivity contribution is 6.31. The van der Waals surface area contributed by atoms with Gasteiger partial charge in [0.2, 0.25) is 0 Å². The topological polar surface area (TPSA) is 0 Å². The molecule has 1 saturated carbocycles. The fourth-order valence-corrected chi connectivity index (χ4v) is 1.79. The van der Waals surface area contributed by atoms with Gasteiger partial charge >= 0.3 is 0 Å². The lowest BCUT2D eigenvalue weighted by Crippen LogP contribution is -2.08. The van der Waals surface area contributed by atoms with Crippen molar-refractivity contribution in [3.05, 3.63) is 34.3 Å². The van der Waals surface area contributed by atoms with Gasteiger partial charge in [0.15, 0.2) is 0 Å². The molecule has 1 aromatic carbocycles. The average molecular weight is 181 g/mol. The molecule has 1 heteroatoms. The zero-order valence-corrected chi connectivity index (χ0v) is 8.06. The Morgan fingerprint density at radius 1 is 1.33 bits per heavy atom. The second-order valence-corrected chi connectivity index (χ2v) is 4.04. The number of aryl methyl sites for hydroxylation is 1. The van der Waals surface area contributed by atoms with E-state index in [1.165, 1.54) is 30.4 Å². The van der Waals surface area contributed by atoms with Crippen LogP contribution < -0.4 is 0 Å². The molecule has 1 aliphatic carbocycles. The fourth-order valence-electron chi connectivity index (χ4n) is 1.60. The first-order valence-electron chi connectivity index (χ1n) is 4.53. The van der Waals surface area contributed by atoms with Crippen molar-refractivity contribution in [2.45, 2.75) is 32.1 Å². The zero-order chi connectivity index (χ0) is 8.55. The Labute approximate surface area is 78.6 Å². The highest BCUT2D eigenvalue weighted by Crippen LogP contribution is 2.37. The molecule has 12 heavy (non-hydrogen) atoms. The fraction of sp³-hybridized carbons (Fsp3) is 0.455. The zero-order valence-electron chi connectivity index (χ0n) is 7.31. The number of hydrogen-bond acceptors (Lipinski definition) is 0.